The molecule has 0 heterocycles. The standard InChI is InChI=1S/C17H27NO/c1-14(2)12-16-7-9-17(10-8-16)13-18(4)11-5-6-15(3)19/h7-10,14H,5-6,11-13H2,1-4H3. The van der Waals surface area contributed by atoms with Crippen molar-refractivity contribution in [3.63, 3.8) is 0 Å². The molecule has 0 aliphatic rings. The molecule has 0 unspecified atom stereocenters. The number of rotatable bonds is 8. The van der Waals surface area contributed by atoms with Gasteiger partial charge in [-0.1, -0.05) is 38.1 Å². The number of ketones is 1. The normalized spacial score (nSPS) is 11.3. The molecule has 0 fully saturated rings. The summed E-state index contributed by atoms with van der Waals surface area (Å²) in [7, 11) is 2.11. The smallest absolute Gasteiger partial charge is 0.129 e. The van der Waals surface area contributed by atoms with Crippen LogP contribution in [0, 0.1) is 5.92 Å². The molecule has 0 amide bonds. The van der Waals surface area contributed by atoms with Crippen molar-refractivity contribution in [1.29, 1.82) is 0 Å². The second-order valence-corrected chi connectivity index (χ2v) is 5.96. The molecule has 0 radical (unpaired) electrons. The number of carbonyl (C=O) groups is 1. The van der Waals surface area contributed by atoms with E-state index in [2.05, 4.69) is 50.1 Å². The molecule has 0 spiro atoms. The molecule has 0 aromatic heterocycles. The summed E-state index contributed by atoms with van der Waals surface area (Å²) in [5.41, 5.74) is 2.76. The highest BCUT2D eigenvalue weighted by Crippen LogP contribution is 2.11. The third kappa shape index (κ3) is 7.12. The van der Waals surface area contributed by atoms with Crippen molar-refractivity contribution in [2.24, 2.45) is 5.92 Å². The van der Waals surface area contributed by atoms with Gasteiger partial charge in [-0.2, -0.15) is 0 Å². The van der Waals surface area contributed by atoms with E-state index in [1.54, 1.807) is 6.92 Å². The van der Waals surface area contributed by atoms with Crippen LogP contribution in [0.25, 0.3) is 0 Å². The van der Waals surface area contributed by atoms with Gasteiger partial charge in [-0.3, -0.25) is 0 Å². The van der Waals surface area contributed by atoms with Crippen LogP contribution in [-0.2, 0) is 17.8 Å². The number of hydrogen-bond donors (Lipinski definition) is 0. The summed E-state index contributed by atoms with van der Waals surface area (Å²) in [5, 5.41) is 0. The minimum absolute atomic E-state index is 0.284. The zero-order chi connectivity index (χ0) is 14.3. The fourth-order valence-corrected chi connectivity index (χ4v) is 2.24. The van der Waals surface area contributed by atoms with Gasteiger partial charge in [0.25, 0.3) is 0 Å². The lowest BCUT2D eigenvalue weighted by molar-refractivity contribution is -0.117. The lowest BCUT2D eigenvalue weighted by Gasteiger charge is -2.16. The van der Waals surface area contributed by atoms with Gasteiger partial charge in [-0.15, -0.1) is 0 Å². The summed E-state index contributed by atoms with van der Waals surface area (Å²) in [4.78, 5) is 13.2. The fraction of sp³-hybridized carbons (Fsp3) is 0.588. The molecule has 0 bridgehead atoms. The van der Waals surface area contributed by atoms with E-state index in [1.165, 1.54) is 11.1 Å². The highest BCUT2D eigenvalue weighted by atomic mass is 16.1. The zero-order valence-electron chi connectivity index (χ0n) is 12.8. The Hall–Kier alpha value is -1.15. The predicted molar refractivity (Wildman–Crippen MR) is 81.2 cm³/mol. The van der Waals surface area contributed by atoms with Crippen molar-refractivity contribution in [3.05, 3.63) is 35.4 Å². The molecule has 0 saturated heterocycles. The minimum atomic E-state index is 0.284. The number of Topliss-reactive ketones (excluding diaryl/α,β-unsaturated/α-hetero) is 1. The molecule has 19 heavy (non-hydrogen) atoms. The van der Waals surface area contributed by atoms with E-state index in [0.29, 0.717) is 12.3 Å². The van der Waals surface area contributed by atoms with E-state index in [1.807, 2.05) is 0 Å². The first-order valence-electron chi connectivity index (χ1n) is 7.23. The first-order chi connectivity index (χ1) is 8.97. The van der Waals surface area contributed by atoms with Gasteiger partial charge in [0.05, 0.1) is 0 Å². The molecule has 0 aliphatic carbocycles. The van der Waals surface area contributed by atoms with Crippen molar-refractivity contribution < 1.29 is 4.79 Å². The summed E-state index contributed by atoms with van der Waals surface area (Å²) >= 11 is 0. The maximum Gasteiger partial charge on any atom is 0.129 e. The largest absolute Gasteiger partial charge is 0.302 e. The van der Waals surface area contributed by atoms with Crippen LogP contribution in [0.15, 0.2) is 24.3 Å². The van der Waals surface area contributed by atoms with Gasteiger partial charge < -0.3 is 9.69 Å². The van der Waals surface area contributed by atoms with E-state index in [4.69, 9.17) is 0 Å². The van der Waals surface area contributed by atoms with Crippen molar-refractivity contribution in [2.45, 2.75) is 46.6 Å². The predicted octanol–water partition coefficient (Wildman–Crippen LogP) is 3.69. The van der Waals surface area contributed by atoms with E-state index in [-0.39, 0.29) is 5.78 Å². The number of carbonyl (C=O) groups excluding carboxylic acids is 1. The number of benzene rings is 1. The average Bonchev–Trinajstić information content (AvgIpc) is 2.30. The van der Waals surface area contributed by atoms with Gasteiger partial charge in [-0.25, -0.2) is 0 Å². The van der Waals surface area contributed by atoms with Gasteiger partial charge in [-0.05, 0) is 50.4 Å². The summed E-state index contributed by atoms with van der Waals surface area (Å²) in [6.45, 7) is 8.09. The molecule has 0 aliphatic heterocycles. The van der Waals surface area contributed by atoms with E-state index in [9.17, 15) is 4.79 Å². The van der Waals surface area contributed by atoms with Crippen LogP contribution in [0.5, 0.6) is 0 Å². The second-order valence-electron chi connectivity index (χ2n) is 5.96. The third-order valence-electron chi connectivity index (χ3n) is 3.19. The maximum absolute atomic E-state index is 10.9. The molecule has 1 rings (SSSR count). The number of nitrogens with zero attached hydrogens (tertiary/aromatic N) is 1. The third-order valence-corrected chi connectivity index (χ3v) is 3.19. The van der Waals surface area contributed by atoms with Crippen molar-refractivity contribution in [2.75, 3.05) is 13.6 Å². The zero-order valence-corrected chi connectivity index (χ0v) is 12.8. The van der Waals surface area contributed by atoms with Crippen molar-refractivity contribution in [3.8, 4) is 0 Å². The van der Waals surface area contributed by atoms with E-state index < -0.39 is 0 Å². The summed E-state index contributed by atoms with van der Waals surface area (Å²) in [5.74, 6) is 0.992. The van der Waals surface area contributed by atoms with Crippen LogP contribution < -0.4 is 0 Å². The van der Waals surface area contributed by atoms with Gasteiger partial charge in [0.2, 0.25) is 0 Å². The Morgan fingerprint density at radius 1 is 1.16 bits per heavy atom. The van der Waals surface area contributed by atoms with Crippen LogP contribution >= 0.6 is 0 Å². The Morgan fingerprint density at radius 3 is 2.26 bits per heavy atom. The molecular weight excluding hydrogens is 234 g/mol. The topological polar surface area (TPSA) is 20.3 Å². The molecule has 0 N–H and O–H groups in total. The SMILES string of the molecule is CC(=O)CCCN(C)Cc1ccc(CC(C)C)cc1. The second kappa shape index (κ2) is 8.11. The molecular formula is C17H27NO. The van der Waals surface area contributed by atoms with E-state index in [0.717, 1.165) is 25.9 Å². The quantitative estimate of drug-likeness (QED) is 0.711. The molecule has 106 valence electrons. The van der Waals surface area contributed by atoms with Crippen LogP contribution in [0.1, 0.15) is 44.7 Å². The summed E-state index contributed by atoms with van der Waals surface area (Å²) in [6.07, 6.45) is 2.80. The highest BCUT2D eigenvalue weighted by Gasteiger charge is 2.02. The minimum Gasteiger partial charge on any atom is -0.302 e. The Morgan fingerprint density at radius 2 is 1.74 bits per heavy atom. The molecule has 0 atom stereocenters. The Kier molecular flexibility index (Phi) is 6.79. The summed E-state index contributed by atoms with van der Waals surface area (Å²) in [6, 6.07) is 8.91. The fourth-order valence-electron chi connectivity index (χ4n) is 2.24. The first kappa shape index (κ1) is 15.9. The van der Waals surface area contributed by atoms with Crippen LogP contribution in [0.3, 0.4) is 0 Å². The van der Waals surface area contributed by atoms with Gasteiger partial charge in [0, 0.05) is 13.0 Å². The van der Waals surface area contributed by atoms with Crippen LogP contribution in [0.4, 0.5) is 0 Å². The van der Waals surface area contributed by atoms with Gasteiger partial charge >= 0.3 is 0 Å². The Balaban J connectivity index is 2.37. The molecule has 0 saturated carbocycles. The van der Waals surface area contributed by atoms with Crippen LogP contribution in [0.2, 0.25) is 0 Å². The molecule has 2 nitrogen and oxygen atoms in total. The molecule has 1 aromatic carbocycles. The number of hydrogen-bond acceptors (Lipinski definition) is 2. The Bertz CT molecular complexity index is 381. The lowest BCUT2D eigenvalue weighted by atomic mass is 10.0. The molecule has 2 heteroatoms. The average molecular weight is 261 g/mol. The van der Waals surface area contributed by atoms with Crippen molar-refractivity contribution in [1.82, 2.24) is 4.90 Å². The van der Waals surface area contributed by atoms with Crippen LogP contribution in [-0.4, -0.2) is 24.3 Å². The maximum atomic E-state index is 10.9. The highest BCUT2D eigenvalue weighted by molar-refractivity contribution is 5.75. The van der Waals surface area contributed by atoms with Crippen molar-refractivity contribution >= 4 is 5.78 Å². The lowest BCUT2D eigenvalue weighted by Crippen LogP contribution is -2.19. The monoisotopic (exact) mass is 261 g/mol. The first-order valence-corrected chi connectivity index (χ1v) is 7.23. The summed E-state index contributed by atoms with van der Waals surface area (Å²) < 4.78 is 0. The van der Waals surface area contributed by atoms with E-state index >= 15 is 0 Å². The Labute approximate surface area is 117 Å². The van der Waals surface area contributed by atoms with Gasteiger partial charge in [0.1, 0.15) is 5.78 Å². The molecule has 1 aromatic rings. The van der Waals surface area contributed by atoms with Gasteiger partial charge in [0.15, 0.2) is 0 Å².